The molecule has 120 valence electrons. The molecule has 0 aliphatic rings. The van der Waals surface area contributed by atoms with E-state index in [1.165, 1.54) is 38.7 Å². The van der Waals surface area contributed by atoms with Crippen LogP contribution in [0, 0.1) is 0 Å². The van der Waals surface area contributed by atoms with Crippen LogP contribution in [0.25, 0.3) is 0 Å². The summed E-state index contributed by atoms with van der Waals surface area (Å²) in [6.45, 7) is 0. The first-order valence-corrected chi connectivity index (χ1v) is 7.01. The third kappa shape index (κ3) is 4.47. The number of amides is 1. The van der Waals surface area contributed by atoms with Crippen molar-refractivity contribution >= 4 is 40.8 Å². The number of rotatable bonds is 4. The number of thiocarbonyl (C=S) groups is 1. The van der Waals surface area contributed by atoms with Crippen LogP contribution < -0.4 is 20.1 Å². The van der Waals surface area contributed by atoms with Gasteiger partial charge in [0.2, 0.25) is 17.7 Å². The van der Waals surface area contributed by atoms with Crippen LogP contribution in [-0.2, 0) is 0 Å². The maximum absolute atomic E-state index is 12.1. The van der Waals surface area contributed by atoms with E-state index in [1.807, 2.05) is 0 Å². The summed E-state index contributed by atoms with van der Waals surface area (Å²) in [6, 6.07) is 2.98. The van der Waals surface area contributed by atoms with Crippen molar-refractivity contribution < 1.29 is 14.3 Å². The van der Waals surface area contributed by atoms with Gasteiger partial charge < -0.3 is 14.8 Å². The Bertz CT molecular complexity index is 721. The van der Waals surface area contributed by atoms with Gasteiger partial charge in [0.15, 0.2) is 5.11 Å². The molecule has 0 aliphatic carbocycles. The summed E-state index contributed by atoms with van der Waals surface area (Å²) in [5.74, 6) is 0.202. The molecule has 0 fully saturated rings. The zero-order chi connectivity index (χ0) is 16.8. The fraction of sp³-hybridized carbons (Fsp3) is 0.154. The third-order valence-corrected chi connectivity index (χ3v) is 3.07. The Hall–Kier alpha value is -2.52. The zero-order valence-corrected chi connectivity index (χ0v) is 13.7. The lowest BCUT2D eigenvalue weighted by molar-refractivity contribution is 0.0978. The minimum atomic E-state index is -0.482. The molecule has 23 heavy (non-hydrogen) atoms. The van der Waals surface area contributed by atoms with Gasteiger partial charge in [-0.05, 0) is 18.3 Å². The van der Waals surface area contributed by atoms with E-state index < -0.39 is 5.91 Å². The largest absolute Gasteiger partial charge is 0.481 e. The molecule has 2 rings (SSSR count). The topological polar surface area (TPSA) is 98.3 Å². The number of halogens is 1. The molecular formula is C13H12ClN5O3S. The summed E-state index contributed by atoms with van der Waals surface area (Å²) in [7, 11) is 2.91. The van der Waals surface area contributed by atoms with Crippen LogP contribution in [0.1, 0.15) is 10.4 Å². The summed E-state index contributed by atoms with van der Waals surface area (Å²) in [4.78, 5) is 24.0. The fourth-order valence-electron chi connectivity index (χ4n) is 1.53. The highest BCUT2D eigenvalue weighted by atomic mass is 35.5. The van der Waals surface area contributed by atoms with Crippen molar-refractivity contribution in [2.75, 3.05) is 19.5 Å². The molecule has 0 saturated heterocycles. The number of aromatic nitrogens is 3. The predicted octanol–water partition coefficient (Wildman–Crippen LogP) is 1.67. The lowest BCUT2D eigenvalue weighted by Gasteiger charge is -2.10. The van der Waals surface area contributed by atoms with E-state index in [0.717, 1.165) is 0 Å². The first kappa shape index (κ1) is 16.8. The molecule has 2 N–H and O–H groups in total. The van der Waals surface area contributed by atoms with Crippen LogP contribution in [0.3, 0.4) is 0 Å². The number of anilines is 1. The molecule has 2 aromatic heterocycles. The second-order valence-corrected chi connectivity index (χ2v) is 4.86. The second-order valence-electron chi connectivity index (χ2n) is 4.04. The molecule has 0 radical (unpaired) electrons. The Morgan fingerprint density at radius 2 is 1.91 bits per heavy atom. The Labute approximate surface area is 142 Å². The van der Waals surface area contributed by atoms with E-state index in [0.29, 0.717) is 0 Å². The van der Waals surface area contributed by atoms with Crippen molar-refractivity contribution in [3.8, 4) is 11.8 Å². The standard InChI is InChI=1S/C13H12ClN5O3S/c1-21-9-5-10(22-2)17-12(16-9)19-13(23)18-11(20)7-3-4-15-6-8(7)14/h3-6H,1-2H3,(H2,16,17,18,19,20,23). The molecule has 0 aromatic carbocycles. The van der Waals surface area contributed by atoms with Crippen molar-refractivity contribution in [3.05, 3.63) is 35.1 Å². The van der Waals surface area contributed by atoms with E-state index in [2.05, 4.69) is 25.6 Å². The van der Waals surface area contributed by atoms with Gasteiger partial charge in [0.25, 0.3) is 5.91 Å². The van der Waals surface area contributed by atoms with Crippen LogP contribution in [0.15, 0.2) is 24.5 Å². The van der Waals surface area contributed by atoms with Crippen LogP contribution in [0.4, 0.5) is 5.95 Å². The van der Waals surface area contributed by atoms with Crippen LogP contribution in [0.2, 0.25) is 5.02 Å². The Morgan fingerprint density at radius 3 is 2.48 bits per heavy atom. The quantitative estimate of drug-likeness (QED) is 0.801. The second kappa shape index (κ2) is 7.65. The summed E-state index contributed by atoms with van der Waals surface area (Å²) in [5.41, 5.74) is 0.245. The van der Waals surface area contributed by atoms with E-state index in [-0.39, 0.29) is 33.4 Å². The van der Waals surface area contributed by atoms with Gasteiger partial charge in [-0.15, -0.1) is 0 Å². The Balaban J connectivity index is 2.08. The minimum Gasteiger partial charge on any atom is -0.481 e. The van der Waals surface area contributed by atoms with Crippen molar-refractivity contribution in [1.82, 2.24) is 20.3 Å². The first-order valence-electron chi connectivity index (χ1n) is 6.22. The lowest BCUT2D eigenvalue weighted by Crippen LogP contribution is -2.34. The van der Waals surface area contributed by atoms with Crippen molar-refractivity contribution in [1.29, 1.82) is 0 Å². The van der Waals surface area contributed by atoms with Crippen molar-refractivity contribution in [3.63, 3.8) is 0 Å². The van der Waals surface area contributed by atoms with Crippen molar-refractivity contribution in [2.45, 2.75) is 0 Å². The van der Waals surface area contributed by atoms with Crippen LogP contribution >= 0.6 is 23.8 Å². The van der Waals surface area contributed by atoms with Gasteiger partial charge in [0.05, 0.1) is 30.9 Å². The van der Waals surface area contributed by atoms with Gasteiger partial charge in [0.1, 0.15) is 0 Å². The van der Waals surface area contributed by atoms with Gasteiger partial charge >= 0.3 is 0 Å². The molecule has 1 amide bonds. The molecule has 10 heteroatoms. The molecular weight excluding hydrogens is 342 g/mol. The van der Waals surface area contributed by atoms with Crippen LogP contribution in [-0.4, -0.2) is 40.2 Å². The van der Waals surface area contributed by atoms with Gasteiger partial charge in [0, 0.05) is 12.4 Å². The average Bonchev–Trinajstić information content (AvgIpc) is 2.54. The highest BCUT2D eigenvalue weighted by Crippen LogP contribution is 2.17. The summed E-state index contributed by atoms with van der Waals surface area (Å²) in [5, 5.41) is 5.35. The van der Waals surface area contributed by atoms with Gasteiger partial charge in [-0.3, -0.25) is 15.1 Å². The number of nitrogens with zero attached hydrogens (tertiary/aromatic N) is 3. The summed E-state index contributed by atoms with van der Waals surface area (Å²) >= 11 is 10.9. The number of methoxy groups -OCH3 is 2. The van der Waals surface area contributed by atoms with E-state index in [9.17, 15) is 4.79 Å². The van der Waals surface area contributed by atoms with E-state index in [4.69, 9.17) is 33.3 Å². The number of ether oxygens (including phenoxy) is 2. The number of pyridine rings is 1. The van der Waals surface area contributed by atoms with Crippen molar-refractivity contribution in [2.24, 2.45) is 0 Å². The number of hydrogen-bond donors (Lipinski definition) is 2. The van der Waals surface area contributed by atoms with E-state index in [1.54, 1.807) is 0 Å². The molecule has 0 atom stereocenters. The normalized spacial score (nSPS) is 9.87. The third-order valence-electron chi connectivity index (χ3n) is 2.57. The van der Waals surface area contributed by atoms with E-state index >= 15 is 0 Å². The zero-order valence-electron chi connectivity index (χ0n) is 12.2. The first-order chi connectivity index (χ1) is 11.0. The number of carbonyl (C=O) groups excluding carboxylic acids is 1. The smallest absolute Gasteiger partial charge is 0.259 e. The lowest BCUT2D eigenvalue weighted by atomic mass is 10.2. The predicted molar refractivity (Wildman–Crippen MR) is 88.1 cm³/mol. The molecule has 0 saturated carbocycles. The minimum absolute atomic E-state index is 0.00168. The highest BCUT2D eigenvalue weighted by molar-refractivity contribution is 7.80. The number of nitrogens with one attached hydrogen (secondary N) is 2. The highest BCUT2D eigenvalue weighted by Gasteiger charge is 2.13. The average molecular weight is 354 g/mol. The van der Waals surface area contributed by atoms with Gasteiger partial charge in [-0.25, -0.2) is 0 Å². The summed E-state index contributed by atoms with van der Waals surface area (Å²) in [6.07, 6.45) is 2.82. The molecule has 0 unspecified atom stereocenters. The summed E-state index contributed by atoms with van der Waals surface area (Å²) < 4.78 is 10.0. The van der Waals surface area contributed by atoms with Gasteiger partial charge in [-0.2, -0.15) is 9.97 Å². The molecule has 2 aromatic rings. The molecule has 2 heterocycles. The number of carbonyl (C=O) groups is 1. The Kier molecular flexibility index (Phi) is 5.61. The van der Waals surface area contributed by atoms with Gasteiger partial charge in [-0.1, -0.05) is 11.6 Å². The maximum Gasteiger partial charge on any atom is 0.259 e. The maximum atomic E-state index is 12.1. The SMILES string of the molecule is COc1cc(OC)nc(NC(=S)NC(=O)c2ccncc2Cl)n1. The Morgan fingerprint density at radius 1 is 1.26 bits per heavy atom. The molecule has 0 aliphatic heterocycles. The number of hydrogen-bond acceptors (Lipinski definition) is 7. The molecule has 8 nitrogen and oxygen atoms in total. The molecule has 0 bridgehead atoms. The monoisotopic (exact) mass is 353 g/mol. The fourth-order valence-corrected chi connectivity index (χ4v) is 1.92. The molecule has 0 spiro atoms. The van der Waals surface area contributed by atoms with Crippen LogP contribution in [0.5, 0.6) is 11.8 Å².